The molecule has 0 heterocycles. The number of para-hydroxylation sites is 1. The van der Waals surface area contributed by atoms with Crippen molar-refractivity contribution in [3.63, 3.8) is 0 Å². The Bertz CT molecular complexity index is 315. The van der Waals surface area contributed by atoms with Crippen molar-refractivity contribution in [3.05, 3.63) is 29.8 Å². The third-order valence-corrected chi connectivity index (χ3v) is 2.74. The van der Waals surface area contributed by atoms with Gasteiger partial charge in [-0.2, -0.15) is 0 Å². The summed E-state index contributed by atoms with van der Waals surface area (Å²) in [7, 11) is 1.71. The average Bonchev–Trinajstić information content (AvgIpc) is 2.40. The molecule has 3 heteroatoms. The van der Waals surface area contributed by atoms with Crippen LogP contribution in [-0.4, -0.2) is 33.5 Å². The Morgan fingerprint density at radius 2 is 1.94 bits per heavy atom. The smallest absolute Gasteiger partial charge is 0.0639 e. The molecule has 0 saturated carbocycles. The van der Waals surface area contributed by atoms with Gasteiger partial charge in [-0.15, -0.1) is 0 Å². The third kappa shape index (κ3) is 6.03. The summed E-state index contributed by atoms with van der Waals surface area (Å²) in [6, 6.07) is 8.49. The topological polar surface area (TPSA) is 30.5 Å². The van der Waals surface area contributed by atoms with E-state index in [-0.39, 0.29) is 0 Å². The number of benzene rings is 1. The van der Waals surface area contributed by atoms with E-state index in [0.717, 1.165) is 39.2 Å². The molecule has 0 atom stereocenters. The molecule has 0 aliphatic heterocycles. The Hall–Kier alpha value is -1.06. The zero-order valence-corrected chi connectivity index (χ0v) is 11.6. The van der Waals surface area contributed by atoms with Crippen molar-refractivity contribution in [2.45, 2.75) is 26.2 Å². The molecular weight excluding hydrogens is 226 g/mol. The van der Waals surface area contributed by atoms with Gasteiger partial charge in [0.2, 0.25) is 0 Å². The van der Waals surface area contributed by atoms with E-state index >= 15 is 0 Å². The van der Waals surface area contributed by atoms with Gasteiger partial charge < -0.3 is 14.8 Å². The van der Waals surface area contributed by atoms with E-state index in [9.17, 15) is 0 Å². The standard InChI is InChI=1S/C15H25NO2/c1-3-7-14-8-4-5-9-15(14)16-10-13-18-12-6-11-17-2/h4-5,8-9,16H,3,6-7,10-13H2,1-2H3. The molecule has 0 amide bonds. The molecule has 18 heavy (non-hydrogen) atoms. The van der Waals surface area contributed by atoms with Crippen LogP contribution in [0.3, 0.4) is 0 Å². The first-order chi connectivity index (χ1) is 8.88. The predicted molar refractivity (Wildman–Crippen MR) is 76.2 cm³/mol. The van der Waals surface area contributed by atoms with Gasteiger partial charge in [0.05, 0.1) is 6.61 Å². The summed E-state index contributed by atoms with van der Waals surface area (Å²) in [5.41, 5.74) is 2.62. The van der Waals surface area contributed by atoms with Crippen molar-refractivity contribution >= 4 is 5.69 Å². The molecule has 0 bridgehead atoms. The lowest BCUT2D eigenvalue weighted by Gasteiger charge is -2.11. The van der Waals surface area contributed by atoms with Crippen molar-refractivity contribution in [1.82, 2.24) is 0 Å². The van der Waals surface area contributed by atoms with Crippen molar-refractivity contribution in [2.24, 2.45) is 0 Å². The second-order valence-corrected chi connectivity index (χ2v) is 4.29. The van der Waals surface area contributed by atoms with Crippen LogP contribution >= 0.6 is 0 Å². The van der Waals surface area contributed by atoms with E-state index < -0.39 is 0 Å². The lowest BCUT2D eigenvalue weighted by molar-refractivity contribution is 0.109. The molecule has 0 saturated heterocycles. The lowest BCUT2D eigenvalue weighted by atomic mass is 10.1. The number of hydrogen-bond acceptors (Lipinski definition) is 3. The Kier molecular flexibility index (Phi) is 8.26. The van der Waals surface area contributed by atoms with Crippen LogP contribution in [0.5, 0.6) is 0 Å². The van der Waals surface area contributed by atoms with E-state index in [1.807, 2.05) is 0 Å². The number of ether oxygens (including phenoxy) is 2. The summed E-state index contributed by atoms with van der Waals surface area (Å²) < 4.78 is 10.5. The van der Waals surface area contributed by atoms with Gasteiger partial charge in [-0.3, -0.25) is 0 Å². The second kappa shape index (κ2) is 9.92. The van der Waals surface area contributed by atoms with Gasteiger partial charge in [0.25, 0.3) is 0 Å². The molecule has 102 valence electrons. The summed E-state index contributed by atoms with van der Waals surface area (Å²) in [5, 5.41) is 3.43. The van der Waals surface area contributed by atoms with Crippen molar-refractivity contribution in [1.29, 1.82) is 0 Å². The van der Waals surface area contributed by atoms with E-state index in [0.29, 0.717) is 0 Å². The lowest BCUT2D eigenvalue weighted by Crippen LogP contribution is -2.11. The molecular formula is C15H25NO2. The number of aryl methyl sites for hydroxylation is 1. The molecule has 3 nitrogen and oxygen atoms in total. The fourth-order valence-corrected chi connectivity index (χ4v) is 1.85. The second-order valence-electron chi connectivity index (χ2n) is 4.29. The van der Waals surface area contributed by atoms with Crippen molar-refractivity contribution in [3.8, 4) is 0 Å². The fraction of sp³-hybridized carbons (Fsp3) is 0.600. The van der Waals surface area contributed by atoms with Crippen LogP contribution in [0.4, 0.5) is 5.69 Å². The fourth-order valence-electron chi connectivity index (χ4n) is 1.85. The molecule has 1 aromatic rings. The molecule has 0 unspecified atom stereocenters. The summed E-state index contributed by atoms with van der Waals surface area (Å²) >= 11 is 0. The molecule has 0 aliphatic rings. The highest BCUT2D eigenvalue weighted by Gasteiger charge is 1.99. The first kappa shape index (κ1) is 15.0. The monoisotopic (exact) mass is 251 g/mol. The minimum atomic E-state index is 0.740. The molecule has 0 aliphatic carbocycles. The highest BCUT2D eigenvalue weighted by Crippen LogP contribution is 2.16. The zero-order valence-electron chi connectivity index (χ0n) is 11.6. The van der Waals surface area contributed by atoms with E-state index in [4.69, 9.17) is 9.47 Å². The Morgan fingerprint density at radius 1 is 1.11 bits per heavy atom. The third-order valence-electron chi connectivity index (χ3n) is 2.74. The van der Waals surface area contributed by atoms with Crippen LogP contribution in [0.2, 0.25) is 0 Å². The number of nitrogens with one attached hydrogen (secondary N) is 1. The predicted octanol–water partition coefficient (Wildman–Crippen LogP) is 3.10. The summed E-state index contributed by atoms with van der Waals surface area (Å²) in [6.45, 7) is 5.34. The van der Waals surface area contributed by atoms with Crippen LogP contribution in [0.25, 0.3) is 0 Å². The Balaban J connectivity index is 2.18. The number of hydrogen-bond donors (Lipinski definition) is 1. The van der Waals surface area contributed by atoms with Gasteiger partial charge in [-0.25, -0.2) is 0 Å². The molecule has 1 aromatic carbocycles. The summed E-state index contributed by atoms with van der Waals surface area (Å²) in [5.74, 6) is 0. The zero-order chi connectivity index (χ0) is 13.1. The minimum Gasteiger partial charge on any atom is -0.385 e. The van der Waals surface area contributed by atoms with Crippen LogP contribution in [0.15, 0.2) is 24.3 Å². The largest absolute Gasteiger partial charge is 0.385 e. The maximum absolute atomic E-state index is 5.51. The molecule has 0 spiro atoms. The first-order valence-corrected chi connectivity index (χ1v) is 6.77. The maximum atomic E-state index is 5.51. The number of methoxy groups -OCH3 is 1. The molecule has 0 aromatic heterocycles. The van der Waals surface area contributed by atoms with Crippen LogP contribution in [0.1, 0.15) is 25.3 Å². The van der Waals surface area contributed by atoms with E-state index in [2.05, 4.69) is 36.5 Å². The van der Waals surface area contributed by atoms with Crippen LogP contribution < -0.4 is 5.32 Å². The van der Waals surface area contributed by atoms with Gasteiger partial charge in [-0.05, 0) is 24.5 Å². The molecule has 0 fully saturated rings. The van der Waals surface area contributed by atoms with Gasteiger partial charge in [0, 0.05) is 32.6 Å². The Labute approximate surface area is 110 Å². The number of rotatable bonds is 10. The average molecular weight is 251 g/mol. The highest BCUT2D eigenvalue weighted by atomic mass is 16.5. The Morgan fingerprint density at radius 3 is 2.72 bits per heavy atom. The van der Waals surface area contributed by atoms with Gasteiger partial charge in [0.15, 0.2) is 0 Å². The SMILES string of the molecule is CCCc1ccccc1NCCOCCCOC. The van der Waals surface area contributed by atoms with Gasteiger partial charge in [0.1, 0.15) is 0 Å². The molecule has 0 radical (unpaired) electrons. The summed E-state index contributed by atoms with van der Waals surface area (Å²) in [6.07, 6.45) is 3.26. The first-order valence-electron chi connectivity index (χ1n) is 6.77. The quantitative estimate of drug-likeness (QED) is 0.648. The molecule has 1 rings (SSSR count). The normalized spacial score (nSPS) is 10.6. The van der Waals surface area contributed by atoms with Gasteiger partial charge >= 0.3 is 0 Å². The van der Waals surface area contributed by atoms with Crippen LogP contribution in [0, 0.1) is 0 Å². The van der Waals surface area contributed by atoms with Crippen molar-refractivity contribution in [2.75, 3.05) is 38.8 Å². The summed E-state index contributed by atoms with van der Waals surface area (Å²) in [4.78, 5) is 0. The highest BCUT2D eigenvalue weighted by molar-refractivity contribution is 5.51. The number of anilines is 1. The van der Waals surface area contributed by atoms with Crippen molar-refractivity contribution < 1.29 is 9.47 Å². The molecule has 1 N–H and O–H groups in total. The van der Waals surface area contributed by atoms with Gasteiger partial charge in [-0.1, -0.05) is 31.5 Å². The van der Waals surface area contributed by atoms with E-state index in [1.165, 1.54) is 17.7 Å². The van der Waals surface area contributed by atoms with Crippen LogP contribution in [-0.2, 0) is 15.9 Å². The maximum Gasteiger partial charge on any atom is 0.0639 e. The van der Waals surface area contributed by atoms with E-state index in [1.54, 1.807) is 7.11 Å². The minimum absolute atomic E-state index is 0.740.